The number of rotatable bonds is 5. The van der Waals surface area contributed by atoms with Crippen LogP contribution in [0.25, 0.3) is 0 Å². The highest BCUT2D eigenvalue weighted by Gasteiger charge is 2.27. The fourth-order valence-electron chi connectivity index (χ4n) is 3.43. The molecule has 3 aromatic rings. The number of hydrogen-bond donors (Lipinski definition) is 0. The fraction of sp³-hybridized carbons (Fsp3) is 0.208. The van der Waals surface area contributed by atoms with Crippen molar-refractivity contribution < 1.29 is 19.1 Å². The van der Waals surface area contributed by atoms with E-state index in [9.17, 15) is 9.59 Å². The van der Waals surface area contributed by atoms with Gasteiger partial charge >= 0.3 is 0 Å². The van der Waals surface area contributed by atoms with Gasteiger partial charge in [-0.15, -0.1) is 0 Å². The molecule has 0 spiro atoms. The summed E-state index contributed by atoms with van der Waals surface area (Å²) in [7, 11) is 1.59. The molecule has 1 saturated heterocycles. The van der Waals surface area contributed by atoms with E-state index in [4.69, 9.17) is 9.47 Å². The fourth-order valence-corrected chi connectivity index (χ4v) is 3.43. The average Bonchev–Trinajstić information content (AvgIpc) is 2.84. The number of aromatic nitrogens is 1. The van der Waals surface area contributed by atoms with Gasteiger partial charge in [-0.25, -0.2) is 4.98 Å². The molecular formula is C24H23N3O4. The van der Waals surface area contributed by atoms with Gasteiger partial charge in [-0.3, -0.25) is 9.59 Å². The van der Waals surface area contributed by atoms with Crippen LogP contribution in [0, 0.1) is 0 Å². The Morgan fingerprint density at radius 3 is 2.06 bits per heavy atom. The average molecular weight is 417 g/mol. The van der Waals surface area contributed by atoms with Crippen molar-refractivity contribution in [1.82, 2.24) is 14.8 Å². The number of amides is 2. The van der Waals surface area contributed by atoms with Gasteiger partial charge in [0.25, 0.3) is 11.8 Å². The Bertz CT molecular complexity index is 1050. The molecule has 0 N–H and O–H groups in total. The third kappa shape index (κ3) is 4.66. The van der Waals surface area contributed by atoms with Crippen LogP contribution in [0.1, 0.15) is 20.7 Å². The molecule has 2 amide bonds. The Morgan fingerprint density at radius 2 is 1.42 bits per heavy atom. The van der Waals surface area contributed by atoms with Gasteiger partial charge in [-0.1, -0.05) is 18.2 Å². The van der Waals surface area contributed by atoms with Gasteiger partial charge in [0.15, 0.2) is 0 Å². The first-order valence-corrected chi connectivity index (χ1v) is 10.1. The maximum atomic E-state index is 13.1. The number of carbonyl (C=O) groups is 2. The minimum Gasteiger partial charge on any atom is -0.497 e. The number of para-hydroxylation sites is 1. The lowest BCUT2D eigenvalue weighted by Crippen LogP contribution is -2.50. The smallest absolute Gasteiger partial charge is 0.259 e. The highest BCUT2D eigenvalue weighted by atomic mass is 16.5. The first-order valence-electron chi connectivity index (χ1n) is 10.1. The number of nitrogens with zero attached hydrogens (tertiary/aromatic N) is 3. The number of hydrogen-bond acceptors (Lipinski definition) is 5. The molecule has 0 atom stereocenters. The molecule has 0 saturated carbocycles. The molecule has 7 nitrogen and oxygen atoms in total. The van der Waals surface area contributed by atoms with Crippen molar-refractivity contribution in [3.63, 3.8) is 0 Å². The van der Waals surface area contributed by atoms with Crippen molar-refractivity contribution >= 4 is 11.8 Å². The van der Waals surface area contributed by atoms with Crippen molar-refractivity contribution in [3.8, 4) is 17.4 Å². The van der Waals surface area contributed by atoms with Gasteiger partial charge < -0.3 is 19.3 Å². The lowest BCUT2D eigenvalue weighted by molar-refractivity contribution is 0.0533. The zero-order valence-corrected chi connectivity index (χ0v) is 17.2. The minimum atomic E-state index is -0.157. The summed E-state index contributed by atoms with van der Waals surface area (Å²) in [5, 5.41) is 0. The first kappa shape index (κ1) is 20.4. The van der Waals surface area contributed by atoms with Crippen LogP contribution in [0.5, 0.6) is 17.4 Å². The van der Waals surface area contributed by atoms with Gasteiger partial charge in [-0.05, 0) is 48.5 Å². The lowest BCUT2D eigenvalue weighted by atomic mass is 10.1. The molecule has 1 aliphatic heterocycles. The molecule has 0 radical (unpaired) electrons. The van der Waals surface area contributed by atoms with E-state index in [2.05, 4.69) is 4.98 Å². The zero-order chi connectivity index (χ0) is 21.6. The molecule has 31 heavy (non-hydrogen) atoms. The highest BCUT2D eigenvalue weighted by molar-refractivity contribution is 5.97. The van der Waals surface area contributed by atoms with Crippen LogP contribution in [0.4, 0.5) is 0 Å². The highest BCUT2D eigenvalue weighted by Crippen LogP contribution is 2.24. The number of pyridine rings is 1. The summed E-state index contributed by atoms with van der Waals surface area (Å²) in [6, 6.07) is 19.7. The lowest BCUT2D eigenvalue weighted by Gasteiger charge is -2.35. The topological polar surface area (TPSA) is 72.0 Å². The van der Waals surface area contributed by atoms with E-state index in [1.807, 2.05) is 30.3 Å². The summed E-state index contributed by atoms with van der Waals surface area (Å²) >= 11 is 0. The molecule has 0 bridgehead atoms. The maximum Gasteiger partial charge on any atom is 0.259 e. The van der Waals surface area contributed by atoms with Crippen molar-refractivity contribution in [2.75, 3.05) is 33.3 Å². The SMILES string of the molecule is COc1ccc(C(=O)N2CCN(C(=O)c3cccnc3Oc3ccccc3)CC2)cc1. The molecular weight excluding hydrogens is 394 g/mol. The molecule has 7 heteroatoms. The molecule has 4 rings (SSSR count). The molecule has 1 aliphatic rings. The summed E-state index contributed by atoms with van der Waals surface area (Å²) in [6.07, 6.45) is 1.60. The third-order valence-electron chi connectivity index (χ3n) is 5.15. The summed E-state index contributed by atoms with van der Waals surface area (Å²) in [5.41, 5.74) is 1.01. The van der Waals surface area contributed by atoms with E-state index in [1.54, 1.807) is 59.5 Å². The molecule has 0 aliphatic carbocycles. The summed E-state index contributed by atoms with van der Waals surface area (Å²) in [5.74, 6) is 1.39. The Labute approximate surface area is 180 Å². The summed E-state index contributed by atoms with van der Waals surface area (Å²) < 4.78 is 11.0. The van der Waals surface area contributed by atoms with E-state index in [-0.39, 0.29) is 17.7 Å². The van der Waals surface area contributed by atoms with Crippen LogP contribution in [0.3, 0.4) is 0 Å². The second-order valence-corrected chi connectivity index (χ2v) is 7.08. The van der Waals surface area contributed by atoms with E-state index >= 15 is 0 Å². The van der Waals surface area contributed by atoms with Crippen LogP contribution < -0.4 is 9.47 Å². The molecule has 158 valence electrons. The quantitative estimate of drug-likeness (QED) is 0.636. The maximum absolute atomic E-state index is 13.1. The summed E-state index contributed by atoms with van der Waals surface area (Å²) in [6.45, 7) is 1.82. The molecule has 1 aromatic heterocycles. The minimum absolute atomic E-state index is 0.0516. The van der Waals surface area contributed by atoms with E-state index in [0.717, 1.165) is 0 Å². The van der Waals surface area contributed by atoms with Crippen molar-refractivity contribution in [2.24, 2.45) is 0 Å². The Balaban J connectivity index is 1.41. The second kappa shape index (κ2) is 9.30. The van der Waals surface area contributed by atoms with Crippen molar-refractivity contribution in [1.29, 1.82) is 0 Å². The van der Waals surface area contributed by atoms with Crippen LogP contribution in [-0.4, -0.2) is 59.9 Å². The number of piperazine rings is 1. The van der Waals surface area contributed by atoms with E-state index in [0.29, 0.717) is 48.8 Å². The number of carbonyl (C=O) groups excluding carboxylic acids is 2. The van der Waals surface area contributed by atoms with Gasteiger partial charge in [0.2, 0.25) is 5.88 Å². The molecule has 1 fully saturated rings. The first-order chi connectivity index (χ1) is 15.2. The monoisotopic (exact) mass is 417 g/mol. The molecule has 2 aromatic carbocycles. The third-order valence-corrected chi connectivity index (χ3v) is 5.15. The number of benzene rings is 2. The largest absolute Gasteiger partial charge is 0.497 e. The van der Waals surface area contributed by atoms with Crippen LogP contribution >= 0.6 is 0 Å². The predicted molar refractivity (Wildman–Crippen MR) is 116 cm³/mol. The predicted octanol–water partition coefficient (Wildman–Crippen LogP) is 3.48. The summed E-state index contributed by atoms with van der Waals surface area (Å²) in [4.78, 5) is 33.6. The molecule has 2 heterocycles. The van der Waals surface area contributed by atoms with Crippen LogP contribution in [0.15, 0.2) is 72.9 Å². The Morgan fingerprint density at radius 1 is 0.774 bits per heavy atom. The van der Waals surface area contributed by atoms with Gasteiger partial charge in [0, 0.05) is 37.9 Å². The molecule has 0 unspecified atom stereocenters. The van der Waals surface area contributed by atoms with Crippen LogP contribution in [-0.2, 0) is 0 Å². The van der Waals surface area contributed by atoms with Gasteiger partial charge in [0.05, 0.1) is 7.11 Å². The van der Waals surface area contributed by atoms with Crippen LogP contribution in [0.2, 0.25) is 0 Å². The Kier molecular flexibility index (Phi) is 6.12. The van der Waals surface area contributed by atoms with Gasteiger partial charge in [-0.2, -0.15) is 0 Å². The second-order valence-electron chi connectivity index (χ2n) is 7.08. The van der Waals surface area contributed by atoms with Gasteiger partial charge in [0.1, 0.15) is 17.1 Å². The van der Waals surface area contributed by atoms with E-state index in [1.165, 1.54) is 0 Å². The van der Waals surface area contributed by atoms with Crippen molar-refractivity contribution in [3.05, 3.63) is 84.1 Å². The standard InChI is InChI=1S/C24H23N3O4/c1-30-19-11-9-18(10-12-19)23(28)26-14-16-27(17-15-26)24(29)21-8-5-13-25-22(21)31-20-6-3-2-4-7-20/h2-13H,14-17H2,1H3. The van der Waals surface area contributed by atoms with E-state index < -0.39 is 0 Å². The van der Waals surface area contributed by atoms with Crippen molar-refractivity contribution in [2.45, 2.75) is 0 Å². The number of methoxy groups -OCH3 is 1. The number of ether oxygens (including phenoxy) is 2. The zero-order valence-electron chi connectivity index (χ0n) is 17.2. The Hall–Kier alpha value is -3.87. The normalized spacial score (nSPS) is 13.6.